The summed E-state index contributed by atoms with van der Waals surface area (Å²) in [5, 5.41) is 0. The molecule has 11 rings (SSSR count). The maximum absolute atomic E-state index is 12.6. The molecule has 106 heavy (non-hydrogen) atoms. The summed E-state index contributed by atoms with van der Waals surface area (Å²) < 4.78 is 282. The van der Waals surface area contributed by atoms with Gasteiger partial charge in [-0.15, -0.1) is 0 Å². The van der Waals surface area contributed by atoms with Gasteiger partial charge in [0.2, 0.25) is 17.5 Å². The molecule has 0 bridgehead atoms. The van der Waals surface area contributed by atoms with Crippen molar-refractivity contribution < 1.29 is 126 Å². The van der Waals surface area contributed by atoms with Crippen LogP contribution >= 0.6 is 0 Å². The number of hydrogen-bond donors (Lipinski definition) is 0. The minimum atomic E-state index is -5.77. The van der Waals surface area contributed by atoms with Crippen molar-refractivity contribution in [1.82, 2.24) is 0 Å². The number of halogens is 16. The summed E-state index contributed by atoms with van der Waals surface area (Å²) in [6, 6.07) is 65.3. The Labute approximate surface area is 617 Å². The summed E-state index contributed by atoms with van der Waals surface area (Å²) in [5.41, 5.74) is 16.1. The van der Waals surface area contributed by atoms with Gasteiger partial charge in [0.25, 0.3) is 0 Å². The Morgan fingerprint density at radius 1 is 0.264 bits per heavy atom. The molecule has 0 unspecified atom stereocenters. The first-order valence-corrected chi connectivity index (χ1v) is 39.5. The van der Waals surface area contributed by atoms with Crippen molar-refractivity contribution in [2.75, 3.05) is 0 Å². The third-order valence-corrected chi connectivity index (χ3v) is 26.0. The minimum Gasteiger partial charge on any atom is -0.744 e. The molecular formula is C76H56F15IO9S5. The van der Waals surface area contributed by atoms with E-state index in [0.717, 1.165) is 12.8 Å². The molecule has 556 valence electrons. The number of aryl methyl sites for hydroxylation is 8. The SMILES string of the molecule is Cc1ccc([S+](c2ccc(Cc3ccc([I+]c4ccc(Cc5ccc([S+](c6ccc(C)cc6C)c6ccc(C)cc6C)cc5)cc4)cc3)cc2)c2ccc(C)cc2C)c(C)c1.O=S(=O)([O-])c1c(F)c(F)c(F)c(F)c1F.O=S(=O)([O-])c1c(F)c(F)c(F)c(F)c1F.O=S(=O)([O-])c1c(F)c(F)c(F)c(F)c1F. The van der Waals surface area contributed by atoms with Gasteiger partial charge in [-0.3, -0.25) is 0 Å². The minimum absolute atomic E-state index is 0.158. The highest BCUT2D eigenvalue weighted by Gasteiger charge is 2.36. The van der Waals surface area contributed by atoms with Crippen molar-refractivity contribution in [2.45, 2.75) is 112 Å². The van der Waals surface area contributed by atoms with Crippen LogP contribution in [-0.4, -0.2) is 38.9 Å². The van der Waals surface area contributed by atoms with E-state index in [1.807, 2.05) is 0 Å². The van der Waals surface area contributed by atoms with Crippen LogP contribution in [0, 0.1) is 150 Å². The van der Waals surface area contributed by atoms with Crippen molar-refractivity contribution in [1.29, 1.82) is 0 Å². The Morgan fingerprint density at radius 3 is 0.623 bits per heavy atom. The molecule has 0 heterocycles. The van der Waals surface area contributed by atoms with E-state index in [1.165, 1.54) is 103 Å². The molecule has 0 atom stereocenters. The highest BCUT2D eigenvalue weighted by molar-refractivity contribution is 7.97. The predicted octanol–water partition coefficient (Wildman–Crippen LogP) is 15.5. The van der Waals surface area contributed by atoms with E-state index < -0.39 is 132 Å². The first-order valence-electron chi connectivity index (χ1n) is 30.7. The van der Waals surface area contributed by atoms with Gasteiger partial charge in [-0.25, -0.2) is 91.1 Å². The first-order chi connectivity index (χ1) is 49.5. The normalized spacial score (nSPS) is 11.6. The van der Waals surface area contributed by atoms with E-state index in [1.54, 1.807) is 0 Å². The van der Waals surface area contributed by atoms with E-state index in [-0.39, 0.29) is 43.0 Å². The van der Waals surface area contributed by atoms with E-state index in [4.69, 9.17) is 0 Å². The van der Waals surface area contributed by atoms with Gasteiger partial charge < -0.3 is 13.7 Å². The molecule has 0 aliphatic carbocycles. The average molecular weight is 1690 g/mol. The van der Waals surface area contributed by atoms with Crippen LogP contribution in [-0.2, 0) is 65.0 Å². The zero-order chi connectivity index (χ0) is 78.5. The van der Waals surface area contributed by atoms with E-state index >= 15 is 0 Å². The predicted molar refractivity (Wildman–Crippen MR) is 359 cm³/mol. The van der Waals surface area contributed by atoms with Crippen LogP contribution in [0.5, 0.6) is 0 Å². The Kier molecular flexibility index (Phi) is 26.8. The molecule has 0 aliphatic heterocycles. The molecule has 11 aromatic rings. The summed E-state index contributed by atoms with van der Waals surface area (Å²) in [6.07, 6.45) is 1.88. The lowest BCUT2D eigenvalue weighted by molar-refractivity contribution is -0.597. The van der Waals surface area contributed by atoms with Gasteiger partial charge in [-0.2, -0.15) is 0 Å². The van der Waals surface area contributed by atoms with Crippen LogP contribution in [0.3, 0.4) is 0 Å². The Balaban J connectivity index is 0.000000252. The Morgan fingerprint density at radius 2 is 0.443 bits per heavy atom. The van der Waals surface area contributed by atoms with E-state index in [0.29, 0.717) is 0 Å². The molecule has 0 aliphatic rings. The topological polar surface area (TPSA) is 172 Å². The highest BCUT2D eigenvalue weighted by atomic mass is 127. The molecule has 0 amide bonds. The molecule has 30 heteroatoms. The summed E-state index contributed by atoms with van der Waals surface area (Å²) in [5.74, 6) is -38.5. The fourth-order valence-corrected chi connectivity index (χ4v) is 19.3. The van der Waals surface area contributed by atoms with E-state index in [2.05, 4.69) is 225 Å². The van der Waals surface area contributed by atoms with Gasteiger partial charge >= 0.3 is 21.2 Å². The monoisotopic (exact) mass is 1680 g/mol. The zero-order valence-corrected chi connectivity index (χ0v) is 62.6. The lowest BCUT2D eigenvalue weighted by atomic mass is 10.1. The molecule has 0 saturated carbocycles. The second-order valence-electron chi connectivity index (χ2n) is 23.7. The van der Waals surface area contributed by atoms with Gasteiger partial charge in [0.05, 0.1) is 21.8 Å². The summed E-state index contributed by atoms with van der Waals surface area (Å²) >= 11 is -0.250. The number of rotatable bonds is 15. The number of hydrogen-bond acceptors (Lipinski definition) is 9. The molecule has 11 aromatic carbocycles. The van der Waals surface area contributed by atoms with Crippen LogP contribution in [0.15, 0.2) is 214 Å². The van der Waals surface area contributed by atoms with Gasteiger partial charge in [0, 0.05) is 22.3 Å². The average Bonchev–Trinajstić information content (AvgIpc) is 0.787. The van der Waals surface area contributed by atoms with Crippen molar-refractivity contribution in [3.8, 4) is 0 Å². The zero-order valence-electron chi connectivity index (χ0n) is 56.3. The quantitative estimate of drug-likeness (QED) is 0.0242. The van der Waals surface area contributed by atoms with Crippen molar-refractivity contribution in [3.63, 3.8) is 0 Å². The van der Waals surface area contributed by atoms with Gasteiger partial charge in [0.15, 0.2) is 106 Å². The van der Waals surface area contributed by atoms with Crippen molar-refractivity contribution >= 4 is 52.1 Å². The maximum Gasteiger partial charge on any atom is 0.357 e. The Hall–Kier alpha value is -8.47. The van der Waals surface area contributed by atoms with Crippen LogP contribution in [0.1, 0.15) is 66.8 Å². The van der Waals surface area contributed by atoms with E-state index in [9.17, 15) is 105 Å². The van der Waals surface area contributed by atoms with Crippen molar-refractivity contribution in [3.05, 3.63) is 331 Å². The molecular weight excluding hydrogens is 1630 g/mol. The molecule has 0 aromatic heterocycles. The molecule has 0 spiro atoms. The number of benzene rings is 11. The van der Waals surface area contributed by atoms with Crippen molar-refractivity contribution in [2.24, 2.45) is 0 Å². The smallest absolute Gasteiger partial charge is 0.357 e. The largest absolute Gasteiger partial charge is 0.744 e. The highest BCUT2D eigenvalue weighted by Crippen LogP contribution is 2.39. The summed E-state index contributed by atoms with van der Waals surface area (Å²) in [4.78, 5) is 1.27. The van der Waals surface area contributed by atoms with Crippen LogP contribution in [0.4, 0.5) is 65.9 Å². The first kappa shape index (κ1) is 83.2. The molecule has 0 fully saturated rings. The molecule has 0 N–H and O–H groups in total. The van der Waals surface area contributed by atoms with Gasteiger partial charge in [0.1, 0.15) is 45.0 Å². The lowest BCUT2D eigenvalue weighted by Crippen LogP contribution is -3.61. The maximum atomic E-state index is 12.6. The third-order valence-electron chi connectivity index (χ3n) is 15.6. The lowest BCUT2D eigenvalue weighted by Gasteiger charge is -2.13. The fraction of sp³-hybridized carbons (Fsp3) is 0.132. The van der Waals surface area contributed by atoms with Gasteiger partial charge in [-0.05, 0) is 163 Å². The van der Waals surface area contributed by atoms with Gasteiger partial charge in [-0.1, -0.05) is 119 Å². The van der Waals surface area contributed by atoms with Crippen LogP contribution in [0.2, 0.25) is 0 Å². The third kappa shape index (κ3) is 19.4. The molecule has 0 radical (unpaired) electrons. The Bertz CT molecular complexity index is 4910. The molecule has 0 saturated heterocycles. The van der Waals surface area contributed by atoms with Crippen LogP contribution in [0.25, 0.3) is 0 Å². The summed E-state index contributed by atoms with van der Waals surface area (Å²) in [6.45, 7) is 17.8. The second-order valence-corrected chi connectivity index (χ2v) is 34.6. The second kappa shape index (κ2) is 34.2. The van der Waals surface area contributed by atoms with Crippen LogP contribution < -0.4 is 21.2 Å². The summed E-state index contributed by atoms with van der Waals surface area (Å²) in [7, 11) is -17.6. The standard InChI is InChI=1S/C58H56IS2.3C6HF5O3S/c1-39-9-29-55(43(5)33-39)60(56-30-10-40(2)34-44(56)6)53-25-17-49(18-26-53)37-47-13-21-51(22-14-47)59-52-23-15-48(16-24-52)38-50-19-27-54(28-20-50)61(57-31-11-41(3)35-45(57)7)58-32-12-42(4)36-46(58)8;3*7-1-2(8)4(10)6(15(12,13)14)5(11)3(1)9/h9-36H,37-38H2,1-8H3;3*(H,12,13,14)/q+3;;;/p-3. The fourth-order valence-electron chi connectivity index (χ4n) is 10.7. The molecule has 9 nitrogen and oxygen atoms in total.